The van der Waals surface area contributed by atoms with Crippen LogP contribution in [0.15, 0.2) is 30.5 Å². The van der Waals surface area contributed by atoms with Crippen molar-refractivity contribution in [2.24, 2.45) is 0 Å². The molecular weight excluding hydrogens is 242 g/mol. The smallest absolute Gasteiger partial charge is 0.256 e. The van der Waals surface area contributed by atoms with Gasteiger partial charge in [-0.25, -0.2) is 0 Å². The van der Waals surface area contributed by atoms with Crippen LogP contribution in [0.2, 0.25) is 0 Å². The monoisotopic (exact) mass is 253 g/mol. The van der Waals surface area contributed by atoms with Gasteiger partial charge in [0.2, 0.25) is 0 Å². The molecule has 5 nitrogen and oxygen atoms in total. The Balaban J connectivity index is 2.12. The topological polar surface area (TPSA) is 74.8 Å². The van der Waals surface area contributed by atoms with Crippen molar-refractivity contribution in [2.75, 3.05) is 5.32 Å². The molecule has 19 heavy (non-hydrogen) atoms. The van der Waals surface area contributed by atoms with Gasteiger partial charge in [-0.3, -0.25) is 14.7 Å². The fraction of sp³-hybridized carbons (Fsp3) is 0.0714. The van der Waals surface area contributed by atoms with Gasteiger partial charge in [0.25, 0.3) is 5.91 Å². The van der Waals surface area contributed by atoms with Crippen LogP contribution < -0.4 is 5.32 Å². The Morgan fingerprint density at radius 2 is 2.16 bits per heavy atom. The maximum absolute atomic E-state index is 11.9. The molecular formula is C14H11N3O2. The molecule has 0 atom stereocenters. The standard InChI is InChI=1S/C14H11N3O2/c1-8(18)9-2-3-13-11(6-9)12(14(19)16-13)7-10-4-5-15-17-10/h2-7H,1H3,(H,15,17)(H,16,19)/b12-7-. The van der Waals surface area contributed by atoms with Crippen LogP contribution in [0.1, 0.15) is 28.5 Å². The van der Waals surface area contributed by atoms with E-state index in [4.69, 9.17) is 0 Å². The summed E-state index contributed by atoms with van der Waals surface area (Å²) in [4.78, 5) is 23.3. The molecule has 1 aromatic carbocycles. The number of hydrogen-bond acceptors (Lipinski definition) is 3. The van der Waals surface area contributed by atoms with Crippen LogP contribution in [-0.2, 0) is 4.79 Å². The number of aromatic amines is 1. The van der Waals surface area contributed by atoms with Crippen molar-refractivity contribution in [3.8, 4) is 0 Å². The zero-order valence-electron chi connectivity index (χ0n) is 10.2. The number of carbonyl (C=O) groups excluding carboxylic acids is 2. The average Bonchev–Trinajstić information content (AvgIpc) is 2.98. The first-order valence-corrected chi connectivity index (χ1v) is 5.83. The molecule has 0 unspecified atom stereocenters. The number of benzene rings is 1. The number of H-pyrrole nitrogens is 1. The van der Waals surface area contributed by atoms with Crippen LogP contribution >= 0.6 is 0 Å². The van der Waals surface area contributed by atoms with E-state index in [1.54, 1.807) is 36.5 Å². The largest absolute Gasteiger partial charge is 0.321 e. The first-order valence-electron chi connectivity index (χ1n) is 5.83. The van der Waals surface area contributed by atoms with Crippen molar-refractivity contribution in [3.05, 3.63) is 47.3 Å². The lowest BCUT2D eigenvalue weighted by Crippen LogP contribution is -2.03. The molecule has 2 N–H and O–H groups in total. The number of nitrogens with zero attached hydrogens (tertiary/aromatic N) is 1. The molecule has 0 bridgehead atoms. The quantitative estimate of drug-likeness (QED) is 0.635. The molecule has 94 valence electrons. The third-order valence-electron chi connectivity index (χ3n) is 3.03. The molecule has 1 aliphatic heterocycles. The second-order valence-corrected chi connectivity index (χ2v) is 4.34. The molecule has 5 heteroatoms. The third kappa shape index (κ3) is 1.95. The van der Waals surface area contributed by atoms with E-state index in [0.717, 1.165) is 16.9 Å². The Labute approximate surface area is 109 Å². The van der Waals surface area contributed by atoms with Gasteiger partial charge in [0.15, 0.2) is 5.78 Å². The fourth-order valence-electron chi connectivity index (χ4n) is 2.05. The van der Waals surface area contributed by atoms with Crippen LogP contribution in [0.5, 0.6) is 0 Å². The highest BCUT2D eigenvalue weighted by molar-refractivity contribution is 6.35. The van der Waals surface area contributed by atoms with Crippen molar-refractivity contribution in [1.29, 1.82) is 0 Å². The summed E-state index contributed by atoms with van der Waals surface area (Å²) in [6.07, 6.45) is 3.34. The zero-order valence-corrected chi connectivity index (χ0v) is 10.2. The number of hydrogen-bond donors (Lipinski definition) is 2. The van der Waals surface area contributed by atoms with Crippen molar-refractivity contribution in [1.82, 2.24) is 10.2 Å². The predicted molar refractivity (Wildman–Crippen MR) is 71.5 cm³/mol. The van der Waals surface area contributed by atoms with Crippen LogP contribution in [0, 0.1) is 0 Å². The summed E-state index contributed by atoms with van der Waals surface area (Å²) in [6, 6.07) is 6.96. The Hall–Kier alpha value is -2.69. The molecule has 2 aromatic rings. The fourth-order valence-corrected chi connectivity index (χ4v) is 2.05. The van der Waals surface area contributed by atoms with Crippen molar-refractivity contribution >= 4 is 29.0 Å². The maximum atomic E-state index is 11.9. The van der Waals surface area contributed by atoms with Gasteiger partial charge in [0.1, 0.15) is 0 Å². The van der Waals surface area contributed by atoms with Crippen molar-refractivity contribution < 1.29 is 9.59 Å². The van der Waals surface area contributed by atoms with Crippen molar-refractivity contribution in [3.63, 3.8) is 0 Å². The third-order valence-corrected chi connectivity index (χ3v) is 3.03. The minimum atomic E-state index is -0.176. The first-order chi connectivity index (χ1) is 9.15. The van der Waals surface area contributed by atoms with Crippen LogP contribution in [0.25, 0.3) is 11.6 Å². The van der Waals surface area contributed by atoms with Crippen molar-refractivity contribution in [2.45, 2.75) is 6.92 Å². The summed E-state index contributed by atoms with van der Waals surface area (Å²) < 4.78 is 0. The number of ketones is 1. The van der Waals surface area contributed by atoms with Gasteiger partial charge < -0.3 is 5.32 Å². The summed E-state index contributed by atoms with van der Waals surface area (Å²) in [7, 11) is 0. The number of anilines is 1. The van der Waals surface area contributed by atoms with Gasteiger partial charge in [-0.05, 0) is 37.3 Å². The van der Waals surface area contributed by atoms with Crippen LogP contribution in [0.4, 0.5) is 5.69 Å². The molecule has 0 aliphatic carbocycles. The zero-order chi connectivity index (χ0) is 13.4. The van der Waals surface area contributed by atoms with E-state index >= 15 is 0 Å². The molecule has 3 rings (SSSR count). The molecule has 0 radical (unpaired) electrons. The lowest BCUT2D eigenvalue weighted by atomic mass is 10.0. The Morgan fingerprint density at radius 1 is 1.32 bits per heavy atom. The van der Waals surface area contributed by atoms with E-state index < -0.39 is 0 Å². The number of nitrogens with one attached hydrogen (secondary N) is 2. The van der Waals surface area contributed by atoms with E-state index in [2.05, 4.69) is 15.5 Å². The molecule has 0 fully saturated rings. The lowest BCUT2D eigenvalue weighted by Gasteiger charge is -2.01. The SMILES string of the molecule is CC(=O)c1ccc2c(c1)/C(=C/c1ccn[nH]1)C(=O)N2. The van der Waals surface area contributed by atoms with Gasteiger partial charge in [0.05, 0.1) is 11.3 Å². The second-order valence-electron chi connectivity index (χ2n) is 4.34. The molecule has 1 amide bonds. The molecule has 1 aromatic heterocycles. The highest BCUT2D eigenvalue weighted by Gasteiger charge is 2.24. The number of Topliss-reactive ketones (excluding diaryl/α,β-unsaturated/α-hetero) is 1. The highest BCUT2D eigenvalue weighted by Crippen LogP contribution is 2.33. The summed E-state index contributed by atoms with van der Waals surface area (Å²) in [5, 5.41) is 9.39. The molecule has 1 aliphatic rings. The number of rotatable bonds is 2. The number of aromatic nitrogens is 2. The van der Waals surface area contributed by atoms with E-state index in [0.29, 0.717) is 11.1 Å². The van der Waals surface area contributed by atoms with Crippen LogP contribution in [0.3, 0.4) is 0 Å². The van der Waals surface area contributed by atoms with E-state index in [9.17, 15) is 9.59 Å². The number of amides is 1. The minimum Gasteiger partial charge on any atom is -0.321 e. The Bertz CT molecular complexity index is 699. The van der Waals surface area contributed by atoms with Gasteiger partial charge >= 0.3 is 0 Å². The first kappa shape index (κ1) is 11.4. The molecule has 0 saturated heterocycles. The summed E-state index contributed by atoms with van der Waals surface area (Å²) in [5.74, 6) is -0.201. The van der Waals surface area contributed by atoms with E-state index in [-0.39, 0.29) is 11.7 Å². The van der Waals surface area contributed by atoms with Gasteiger partial charge in [0, 0.05) is 23.0 Å². The molecule has 0 saturated carbocycles. The lowest BCUT2D eigenvalue weighted by molar-refractivity contribution is -0.110. The van der Waals surface area contributed by atoms with Gasteiger partial charge in [-0.2, -0.15) is 5.10 Å². The minimum absolute atomic E-state index is 0.0250. The van der Waals surface area contributed by atoms with E-state index in [1.807, 2.05) is 0 Å². The van der Waals surface area contributed by atoms with E-state index in [1.165, 1.54) is 6.92 Å². The average molecular weight is 253 g/mol. The molecule has 0 spiro atoms. The number of carbonyl (C=O) groups is 2. The Morgan fingerprint density at radius 3 is 2.84 bits per heavy atom. The normalized spacial score (nSPS) is 15.4. The maximum Gasteiger partial charge on any atom is 0.256 e. The number of fused-ring (bicyclic) bond motifs is 1. The molecule has 2 heterocycles. The van der Waals surface area contributed by atoms with Gasteiger partial charge in [-0.15, -0.1) is 0 Å². The Kier molecular flexibility index (Phi) is 2.52. The second kappa shape index (κ2) is 4.20. The highest BCUT2D eigenvalue weighted by atomic mass is 16.2. The van der Waals surface area contributed by atoms with Crippen LogP contribution in [-0.4, -0.2) is 21.9 Å². The summed E-state index contributed by atoms with van der Waals surface area (Å²) in [5.41, 5.74) is 3.33. The van der Waals surface area contributed by atoms with Gasteiger partial charge in [-0.1, -0.05) is 0 Å². The summed E-state index contributed by atoms with van der Waals surface area (Å²) in [6.45, 7) is 1.50. The predicted octanol–water partition coefficient (Wildman–Crippen LogP) is 2.10. The summed E-state index contributed by atoms with van der Waals surface area (Å²) >= 11 is 0.